The number of carbonyl (C=O) groups is 1. The van der Waals surface area contributed by atoms with Gasteiger partial charge in [0, 0.05) is 13.0 Å². The first-order valence-corrected chi connectivity index (χ1v) is 7.49. The first-order valence-electron chi connectivity index (χ1n) is 7.49. The molecular weight excluding hydrogens is 280 g/mol. The Kier molecular flexibility index (Phi) is 8.48. The topological polar surface area (TPSA) is 44.8 Å². The summed E-state index contributed by atoms with van der Waals surface area (Å²) in [5.41, 5.74) is 1.14. The molecule has 0 amide bonds. The smallest absolute Gasteiger partial charge is 0.312 e. The Balaban J connectivity index is 2.42. The minimum atomic E-state index is -0.254. The van der Waals surface area contributed by atoms with Gasteiger partial charge in [0.05, 0.1) is 32.3 Å². The molecule has 22 heavy (non-hydrogen) atoms. The zero-order valence-electron chi connectivity index (χ0n) is 13.8. The Morgan fingerprint density at radius 2 is 1.82 bits per heavy atom. The quantitative estimate of drug-likeness (QED) is 0.519. The van der Waals surface area contributed by atoms with Crippen molar-refractivity contribution in [3.63, 3.8) is 0 Å². The Morgan fingerprint density at radius 3 is 2.41 bits per heavy atom. The molecule has 0 fully saturated rings. The number of methoxy groups -OCH3 is 2. The second-order valence-electron chi connectivity index (χ2n) is 5.33. The second kappa shape index (κ2) is 10.1. The fourth-order valence-electron chi connectivity index (χ4n) is 2.03. The van der Waals surface area contributed by atoms with Gasteiger partial charge in [-0.2, -0.15) is 0 Å². The number of hydrogen-bond acceptors (Lipinski definition) is 4. The highest BCUT2D eigenvalue weighted by Crippen LogP contribution is 2.12. The van der Waals surface area contributed by atoms with E-state index in [1.807, 2.05) is 56.3 Å². The molecule has 0 radical (unpaired) electrons. The van der Waals surface area contributed by atoms with Crippen molar-refractivity contribution >= 4 is 5.97 Å². The van der Waals surface area contributed by atoms with Crippen molar-refractivity contribution in [3.05, 3.63) is 48.0 Å². The lowest BCUT2D eigenvalue weighted by atomic mass is 10.0. The third kappa shape index (κ3) is 6.41. The van der Waals surface area contributed by atoms with Crippen LogP contribution in [0.5, 0.6) is 0 Å². The van der Waals surface area contributed by atoms with E-state index >= 15 is 0 Å². The minimum Gasteiger partial charge on any atom is -0.469 e. The van der Waals surface area contributed by atoms with Crippen molar-refractivity contribution in [3.8, 4) is 0 Å². The van der Waals surface area contributed by atoms with Gasteiger partial charge in [0.15, 0.2) is 0 Å². The molecule has 0 aliphatic carbocycles. The van der Waals surface area contributed by atoms with Gasteiger partial charge in [-0.25, -0.2) is 0 Å². The van der Waals surface area contributed by atoms with E-state index in [0.717, 1.165) is 5.56 Å². The summed E-state index contributed by atoms with van der Waals surface area (Å²) in [5.74, 6) is -0.346. The third-order valence-corrected chi connectivity index (χ3v) is 3.56. The Labute approximate surface area is 133 Å². The first kappa shape index (κ1) is 18.4. The first-order chi connectivity index (χ1) is 10.6. The number of benzene rings is 1. The molecule has 3 atom stereocenters. The van der Waals surface area contributed by atoms with Gasteiger partial charge in [0.1, 0.15) is 0 Å². The molecule has 1 aromatic carbocycles. The van der Waals surface area contributed by atoms with E-state index in [2.05, 4.69) is 0 Å². The predicted octanol–water partition coefficient (Wildman–Crippen LogP) is 3.22. The molecule has 0 aliphatic rings. The largest absolute Gasteiger partial charge is 0.469 e. The van der Waals surface area contributed by atoms with Crippen molar-refractivity contribution in [1.82, 2.24) is 0 Å². The number of rotatable bonds is 9. The molecule has 0 aliphatic heterocycles. The minimum absolute atomic E-state index is 0.0511. The van der Waals surface area contributed by atoms with Gasteiger partial charge < -0.3 is 14.2 Å². The summed E-state index contributed by atoms with van der Waals surface area (Å²) in [6.45, 7) is 4.92. The summed E-state index contributed by atoms with van der Waals surface area (Å²) < 4.78 is 15.9. The molecule has 0 unspecified atom stereocenters. The monoisotopic (exact) mass is 306 g/mol. The molecule has 0 N–H and O–H groups in total. The van der Waals surface area contributed by atoms with Crippen LogP contribution in [-0.4, -0.2) is 32.9 Å². The molecule has 0 spiro atoms. The molecule has 1 rings (SSSR count). The summed E-state index contributed by atoms with van der Waals surface area (Å²) in [6.07, 6.45) is 3.77. The van der Waals surface area contributed by atoms with Crippen LogP contribution in [0.3, 0.4) is 0 Å². The summed E-state index contributed by atoms with van der Waals surface area (Å²) in [5, 5.41) is 0. The van der Waals surface area contributed by atoms with Gasteiger partial charge in [0.2, 0.25) is 0 Å². The van der Waals surface area contributed by atoms with Gasteiger partial charge in [-0.05, 0) is 12.5 Å². The lowest BCUT2D eigenvalue weighted by Crippen LogP contribution is -2.25. The summed E-state index contributed by atoms with van der Waals surface area (Å²) >= 11 is 0. The zero-order chi connectivity index (χ0) is 16.4. The van der Waals surface area contributed by atoms with Crippen LogP contribution in [0.2, 0.25) is 0 Å². The highest BCUT2D eigenvalue weighted by molar-refractivity contribution is 5.73. The standard InChI is InChI=1S/C18H26O4/c1-14(10-11-15(2)18(19)21-4)17(20-3)13-22-12-16-8-6-5-7-9-16/h5-11,14-15,17H,12-13H2,1-4H3/b11-10+/t14-,15-,17-/m0/s1. The molecule has 0 aromatic heterocycles. The zero-order valence-corrected chi connectivity index (χ0v) is 13.8. The van der Waals surface area contributed by atoms with Crippen LogP contribution in [0.4, 0.5) is 0 Å². The van der Waals surface area contributed by atoms with E-state index < -0.39 is 0 Å². The van der Waals surface area contributed by atoms with Gasteiger partial charge in [0.25, 0.3) is 0 Å². The van der Waals surface area contributed by atoms with Crippen LogP contribution < -0.4 is 0 Å². The van der Waals surface area contributed by atoms with Crippen molar-refractivity contribution in [1.29, 1.82) is 0 Å². The van der Waals surface area contributed by atoms with Gasteiger partial charge in [-0.1, -0.05) is 49.4 Å². The molecule has 0 saturated heterocycles. The maximum atomic E-state index is 11.4. The predicted molar refractivity (Wildman–Crippen MR) is 86.4 cm³/mol. The summed E-state index contributed by atoms with van der Waals surface area (Å²) in [6, 6.07) is 10.0. The van der Waals surface area contributed by atoms with Gasteiger partial charge >= 0.3 is 5.97 Å². The van der Waals surface area contributed by atoms with Crippen molar-refractivity contribution in [2.75, 3.05) is 20.8 Å². The lowest BCUT2D eigenvalue weighted by Gasteiger charge is -2.20. The SMILES string of the molecule is COC(=O)[C@@H](C)/C=C/[C@H](C)[C@H](COCc1ccccc1)OC. The van der Waals surface area contributed by atoms with E-state index in [1.165, 1.54) is 7.11 Å². The number of hydrogen-bond donors (Lipinski definition) is 0. The average Bonchev–Trinajstić information content (AvgIpc) is 2.56. The fourth-order valence-corrected chi connectivity index (χ4v) is 2.03. The fraction of sp³-hybridized carbons (Fsp3) is 0.500. The number of carbonyl (C=O) groups excluding carboxylic acids is 1. The number of esters is 1. The van der Waals surface area contributed by atoms with Crippen LogP contribution in [0.1, 0.15) is 19.4 Å². The molecule has 4 nitrogen and oxygen atoms in total. The second-order valence-corrected chi connectivity index (χ2v) is 5.33. The Morgan fingerprint density at radius 1 is 1.14 bits per heavy atom. The van der Waals surface area contributed by atoms with Crippen molar-refractivity contribution in [2.24, 2.45) is 11.8 Å². The van der Waals surface area contributed by atoms with Crippen LogP contribution in [0.15, 0.2) is 42.5 Å². The van der Waals surface area contributed by atoms with Crippen LogP contribution in [0, 0.1) is 11.8 Å². The summed E-state index contributed by atoms with van der Waals surface area (Å²) in [4.78, 5) is 11.4. The average molecular weight is 306 g/mol. The van der Waals surface area contributed by atoms with Gasteiger partial charge in [-0.15, -0.1) is 0 Å². The van der Waals surface area contributed by atoms with Crippen molar-refractivity contribution < 1.29 is 19.0 Å². The Hall–Kier alpha value is -1.65. The molecule has 122 valence electrons. The van der Waals surface area contributed by atoms with Crippen molar-refractivity contribution in [2.45, 2.75) is 26.6 Å². The highest BCUT2D eigenvalue weighted by atomic mass is 16.5. The van der Waals surface area contributed by atoms with E-state index in [4.69, 9.17) is 14.2 Å². The summed E-state index contributed by atoms with van der Waals surface area (Å²) in [7, 11) is 3.07. The molecule has 0 heterocycles. The molecule has 1 aromatic rings. The normalized spacial score (nSPS) is 15.5. The number of ether oxygens (including phenoxy) is 3. The van der Waals surface area contributed by atoms with E-state index in [1.54, 1.807) is 7.11 Å². The lowest BCUT2D eigenvalue weighted by molar-refractivity contribution is -0.143. The molecule has 0 bridgehead atoms. The van der Waals surface area contributed by atoms with Crippen LogP contribution in [-0.2, 0) is 25.6 Å². The van der Waals surface area contributed by atoms with E-state index in [0.29, 0.717) is 13.2 Å². The molecule has 0 saturated carbocycles. The van der Waals surface area contributed by atoms with E-state index in [9.17, 15) is 4.79 Å². The maximum Gasteiger partial charge on any atom is 0.312 e. The van der Waals surface area contributed by atoms with Crippen LogP contribution >= 0.6 is 0 Å². The Bertz CT molecular complexity index is 455. The van der Waals surface area contributed by atoms with E-state index in [-0.39, 0.29) is 23.9 Å². The highest BCUT2D eigenvalue weighted by Gasteiger charge is 2.16. The molecular formula is C18H26O4. The molecule has 4 heteroatoms. The maximum absolute atomic E-state index is 11.4. The van der Waals surface area contributed by atoms with Crippen LogP contribution in [0.25, 0.3) is 0 Å². The third-order valence-electron chi connectivity index (χ3n) is 3.56. The van der Waals surface area contributed by atoms with Gasteiger partial charge in [-0.3, -0.25) is 4.79 Å².